The minimum Gasteiger partial charge on any atom is -0.355 e. The van der Waals surface area contributed by atoms with E-state index in [4.69, 9.17) is 0 Å². The summed E-state index contributed by atoms with van der Waals surface area (Å²) in [5, 5.41) is 4.42. The van der Waals surface area contributed by atoms with Gasteiger partial charge < -0.3 is 5.32 Å². The highest BCUT2D eigenvalue weighted by Crippen LogP contribution is 2.30. The van der Waals surface area contributed by atoms with E-state index in [0.717, 1.165) is 15.1 Å². The number of rotatable bonds is 3. The number of fused-ring (bicyclic) bond motifs is 1. The lowest BCUT2D eigenvalue weighted by atomic mass is 10.1. The molecule has 0 saturated carbocycles. The van der Waals surface area contributed by atoms with E-state index in [2.05, 4.69) is 63.5 Å². The van der Waals surface area contributed by atoms with Crippen molar-refractivity contribution < 1.29 is 0 Å². The first-order valence-electron chi connectivity index (χ1n) is 6.10. The van der Waals surface area contributed by atoms with E-state index in [9.17, 15) is 0 Å². The van der Waals surface area contributed by atoms with Crippen molar-refractivity contribution in [1.29, 1.82) is 0 Å². The number of hydrogen-bond acceptors (Lipinski definition) is 3. The van der Waals surface area contributed by atoms with Crippen LogP contribution in [-0.2, 0) is 0 Å². The third-order valence-electron chi connectivity index (χ3n) is 2.99. The molecule has 0 bridgehead atoms. The van der Waals surface area contributed by atoms with Gasteiger partial charge >= 0.3 is 0 Å². The summed E-state index contributed by atoms with van der Waals surface area (Å²) < 4.78 is 2.26. The SMILES string of the molecule is CC(Nc1nc2cc(Br)ccc2s1)c1ccccc1. The molecule has 4 heteroatoms. The second-order valence-corrected chi connectivity index (χ2v) is 6.35. The molecule has 1 unspecified atom stereocenters. The van der Waals surface area contributed by atoms with E-state index in [-0.39, 0.29) is 6.04 Å². The summed E-state index contributed by atoms with van der Waals surface area (Å²) in [6.07, 6.45) is 0. The summed E-state index contributed by atoms with van der Waals surface area (Å²) in [4.78, 5) is 4.62. The molecule has 3 aromatic rings. The van der Waals surface area contributed by atoms with Crippen LogP contribution >= 0.6 is 27.3 Å². The summed E-state index contributed by atoms with van der Waals surface area (Å²) >= 11 is 5.16. The van der Waals surface area contributed by atoms with Crippen LogP contribution in [0.5, 0.6) is 0 Å². The molecule has 0 amide bonds. The van der Waals surface area contributed by atoms with Gasteiger partial charge in [-0.3, -0.25) is 0 Å². The van der Waals surface area contributed by atoms with E-state index in [0.29, 0.717) is 0 Å². The van der Waals surface area contributed by atoms with Crippen LogP contribution in [0.2, 0.25) is 0 Å². The molecule has 1 heterocycles. The van der Waals surface area contributed by atoms with Gasteiger partial charge in [0, 0.05) is 4.47 Å². The zero-order chi connectivity index (χ0) is 13.2. The molecule has 2 aromatic carbocycles. The molecule has 0 aliphatic carbocycles. The maximum atomic E-state index is 4.62. The molecule has 19 heavy (non-hydrogen) atoms. The van der Waals surface area contributed by atoms with Gasteiger partial charge in [0.15, 0.2) is 5.13 Å². The molecular formula is C15H13BrN2S. The maximum absolute atomic E-state index is 4.62. The number of aromatic nitrogens is 1. The first-order chi connectivity index (χ1) is 9.22. The third-order valence-corrected chi connectivity index (χ3v) is 4.45. The lowest BCUT2D eigenvalue weighted by Gasteiger charge is -2.12. The predicted octanol–water partition coefficient (Wildman–Crippen LogP) is 5.23. The van der Waals surface area contributed by atoms with Crippen LogP contribution in [0.3, 0.4) is 0 Å². The lowest BCUT2D eigenvalue weighted by Crippen LogP contribution is -2.05. The van der Waals surface area contributed by atoms with E-state index >= 15 is 0 Å². The van der Waals surface area contributed by atoms with Crippen molar-refractivity contribution in [2.75, 3.05) is 5.32 Å². The molecule has 1 N–H and O–H groups in total. The highest BCUT2D eigenvalue weighted by molar-refractivity contribution is 9.10. The van der Waals surface area contributed by atoms with Crippen molar-refractivity contribution in [2.24, 2.45) is 0 Å². The third kappa shape index (κ3) is 2.80. The molecule has 1 atom stereocenters. The van der Waals surface area contributed by atoms with Crippen LogP contribution < -0.4 is 5.32 Å². The topological polar surface area (TPSA) is 24.9 Å². The van der Waals surface area contributed by atoms with Gasteiger partial charge in [0.25, 0.3) is 0 Å². The molecule has 0 radical (unpaired) electrons. The molecular weight excluding hydrogens is 320 g/mol. The van der Waals surface area contributed by atoms with Gasteiger partial charge in [0.05, 0.1) is 16.3 Å². The van der Waals surface area contributed by atoms with Crippen LogP contribution in [0.4, 0.5) is 5.13 Å². The summed E-state index contributed by atoms with van der Waals surface area (Å²) in [6, 6.07) is 16.8. The zero-order valence-corrected chi connectivity index (χ0v) is 12.8. The summed E-state index contributed by atoms with van der Waals surface area (Å²) in [5.74, 6) is 0. The van der Waals surface area contributed by atoms with Crippen molar-refractivity contribution in [1.82, 2.24) is 4.98 Å². The Labute approximate surface area is 124 Å². The standard InChI is InChI=1S/C15H13BrN2S/c1-10(11-5-3-2-4-6-11)17-15-18-13-9-12(16)7-8-14(13)19-15/h2-10H,1H3,(H,17,18). The average Bonchev–Trinajstić information content (AvgIpc) is 2.81. The number of nitrogens with one attached hydrogen (secondary N) is 1. The van der Waals surface area contributed by atoms with Crippen molar-refractivity contribution in [3.05, 3.63) is 58.6 Å². The van der Waals surface area contributed by atoms with Crippen molar-refractivity contribution in [3.8, 4) is 0 Å². The Hall–Kier alpha value is -1.39. The molecule has 2 nitrogen and oxygen atoms in total. The summed E-state index contributed by atoms with van der Waals surface area (Å²) in [5.41, 5.74) is 2.30. The normalized spacial score (nSPS) is 12.5. The van der Waals surface area contributed by atoms with Crippen LogP contribution in [0.1, 0.15) is 18.5 Å². The van der Waals surface area contributed by atoms with Gasteiger partial charge in [-0.2, -0.15) is 0 Å². The second kappa shape index (κ2) is 5.31. The molecule has 1 aromatic heterocycles. The van der Waals surface area contributed by atoms with Gasteiger partial charge in [0.2, 0.25) is 0 Å². The van der Waals surface area contributed by atoms with E-state index in [1.165, 1.54) is 10.3 Å². The Balaban J connectivity index is 1.85. The van der Waals surface area contributed by atoms with Gasteiger partial charge in [0.1, 0.15) is 0 Å². The van der Waals surface area contributed by atoms with Crippen LogP contribution in [0.25, 0.3) is 10.2 Å². The fourth-order valence-electron chi connectivity index (χ4n) is 1.97. The monoisotopic (exact) mass is 332 g/mol. The van der Waals surface area contributed by atoms with Crippen molar-refractivity contribution in [3.63, 3.8) is 0 Å². The molecule has 0 aliphatic heterocycles. The highest BCUT2D eigenvalue weighted by atomic mass is 79.9. The maximum Gasteiger partial charge on any atom is 0.184 e. The Bertz CT molecular complexity index is 694. The Morgan fingerprint density at radius 2 is 1.95 bits per heavy atom. The number of nitrogens with zero attached hydrogens (tertiary/aromatic N) is 1. The largest absolute Gasteiger partial charge is 0.355 e. The second-order valence-electron chi connectivity index (χ2n) is 4.41. The van der Waals surface area contributed by atoms with Crippen LogP contribution in [-0.4, -0.2) is 4.98 Å². The zero-order valence-electron chi connectivity index (χ0n) is 10.4. The Morgan fingerprint density at radius 3 is 2.74 bits per heavy atom. The quantitative estimate of drug-likeness (QED) is 0.710. The van der Waals surface area contributed by atoms with Gasteiger partial charge in [-0.25, -0.2) is 4.98 Å². The molecule has 0 saturated heterocycles. The highest BCUT2D eigenvalue weighted by Gasteiger charge is 2.08. The number of hydrogen-bond donors (Lipinski definition) is 1. The number of halogens is 1. The number of thiazole rings is 1. The van der Waals surface area contributed by atoms with E-state index < -0.39 is 0 Å². The fourth-order valence-corrected chi connectivity index (χ4v) is 3.25. The molecule has 0 spiro atoms. The first-order valence-corrected chi connectivity index (χ1v) is 7.71. The summed E-state index contributed by atoms with van der Waals surface area (Å²) in [6.45, 7) is 2.15. The van der Waals surface area contributed by atoms with Crippen molar-refractivity contribution >= 4 is 42.6 Å². The smallest absolute Gasteiger partial charge is 0.184 e. The molecule has 0 fully saturated rings. The van der Waals surface area contributed by atoms with Gasteiger partial charge in [-0.05, 0) is 30.7 Å². The minimum atomic E-state index is 0.255. The number of benzene rings is 2. The first kappa shape index (κ1) is 12.6. The Kier molecular flexibility index (Phi) is 3.53. The Morgan fingerprint density at radius 1 is 1.16 bits per heavy atom. The van der Waals surface area contributed by atoms with E-state index in [1.54, 1.807) is 11.3 Å². The lowest BCUT2D eigenvalue weighted by molar-refractivity contribution is 0.883. The van der Waals surface area contributed by atoms with Crippen molar-refractivity contribution in [2.45, 2.75) is 13.0 Å². The molecule has 3 rings (SSSR count). The van der Waals surface area contributed by atoms with E-state index in [1.807, 2.05) is 18.2 Å². The minimum absolute atomic E-state index is 0.255. The van der Waals surface area contributed by atoms with Gasteiger partial charge in [-0.15, -0.1) is 0 Å². The summed E-state index contributed by atoms with van der Waals surface area (Å²) in [7, 11) is 0. The number of anilines is 1. The van der Waals surface area contributed by atoms with Crippen LogP contribution in [0, 0.1) is 0 Å². The molecule has 96 valence electrons. The predicted molar refractivity (Wildman–Crippen MR) is 85.8 cm³/mol. The van der Waals surface area contributed by atoms with Gasteiger partial charge in [-0.1, -0.05) is 57.6 Å². The fraction of sp³-hybridized carbons (Fsp3) is 0.133. The average molecular weight is 333 g/mol. The molecule has 0 aliphatic rings. The van der Waals surface area contributed by atoms with Crippen LogP contribution in [0.15, 0.2) is 53.0 Å².